The van der Waals surface area contributed by atoms with Crippen molar-refractivity contribution in [2.24, 2.45) is 10.8 Å². The summed E-state index contributed by atoms with van der Waals surface area (Å²) in [6.45, 7) is 6.51. The lowest BCUT2D eigenvalue weighted by Gasteiger charge is -2.39. The number of likely N-dealkylation sites (tertiary alicyclic amines) is 1. The first-order valence-electron chi connectivity index (χ1n) is 9.96. The summed E-state index contributed by atoms with van der Waals surface area (Å²) >= 11 is 0. The van der Waals surface area contributed by atoms with Crippen LogP contribution >= 0.6 is 0 Å². The van der Waals surface area contributed by atoms with Gasteiger partial charge in [-0.1, -0.05) is 26.8 Å². The molecule has 30 heavy (non-hydrogen) atoms. The molecule has 1 aromatic carbocycles. The fourth-order valence-corrected chi connectivity index (χ4v) is 5.04. The number of nitro groups is 1. The molecule has 2 aliphatic rings. The van der Waals surface area contributed by atoms with Crippen LogP contribution in [0.5, 0.6) is 0 Å². The lowest BCUT2D eigenvalue weighted by molar-refractivity contribution is -0.384. The number of benzene rings is 1. The van der Waals surface area contributed by atoms with Crippen LogP contribution in [0.3, 0.4) is 0 Å². The van der Waals surface area contributed by atoms with Crippen LogP contribution in [-0.4, -0.2) is 53.3 Å². The Labute approximate surface area is 174 Å². The van der Waals surface area contributed by atoms with Crippen LogP contribution < -0.4 is 5.32 Å². The number of non-ortho nitro benzene ring substituents is 1. The van der Waals surface area contributed by atoms with Gasteiger partial charge in [-0.25, -0.2) is 0 Å². The van der Waals surface area contributed by atoms with Crippen LogP contribution in [-0.2, 0) is 14.3 Å². The van der Waals surface area contributed by atoms with Crippen molar-refractivity contribution in [2.75, 3.05) is 19.7 Å². The van der Waals surface area contributed by atoms with Gasteiger partial charge in [0.05, 0.1) is 4.92 Å². The van der Waals surface area contributed by atoms with E-state index in [1.807, 2.05) is 4.90 Å². The van der Waals surface area contributed by atoms with Crippen molar-refractivity contribution in [3.05, 3.63) is 39.9 Å². The zero-order chi connectivity index (χ0) is 22.1. The fourth-order valence-electron chi connectivity index (χ4n) is 5.04. The van der Waals surface area contributed by atoms with E-state index in [1.54, 1.807) is 0 Å². The standard InChI is InChI=1S/C21H27N3O6/c1-20(2)8-16-9-21(3,12-20)13-23(16)17(25)11-30-18(26)10-22-19(27)14-5-4-6-15(7-14)24(28)29/h4-7,16H,8-13H2,1-3H3,(H,22,27)/t16-,21+/m1/s1. The van der Waals surface area contributed by atoms with Gasteiger partial charge in [0, 0.05) is 30.3 Å². The number of rotatable bonds is 6. The zero-order valence-electron chi connectivity index (χ0n) is 17.5. The quantitative estimate of drug-likeness (QED) is 0.431. The molecule has 162 valence electrons. The summed E-state index contributed by atoms with van der Waals surface area (Å²) in [6.07, 6.45) is 2.96. The van der Waals surface area contributed by atoms with E-state index in [1.165, 1.54) is 18.2 Å². The second-order valence-electron chi connectivity index (χ2n) is 9.39. The van der Waals surface area contributed by atoms with Gasteiger partial charge < -0.3 is 15.0 Å². The van der Waals surface area contributed by atoms with E-state index in [0.717, 1.165) is 25.3 Å². The van der Waals surface area contributed by atoms with Gasteiger partial charge in [0.15, 0.2) is 6.61 Å². The Morgan fingerprint density at radius 1 is 1.27 bits per heavy atom. The van der Waals surface area contributed by atoms with Gasteiger partial charge in [-0.15, -0.1) is 0 Å². The molecule has 1 aliphatic heterocycles. The van der Waals surface area contributed by atoms with E-state index < -0.39 is 23.3 Å². The Kier molecular flexibility index (Phi) is 5.83. The number of amides is 2. The molecule has 0 aromatic heterocycles. The van der Waals surface area contributed by atoms with E-state index in [-0.39, 0.29) is 40.6 Å². The molecule has 0 unspecified atom stereocenters. The lowest BCUT2D eigenvalue weighted by Crippen LogP contribution is -2.40. The second-order valence-corrected chi connectivity index (χ2v) is 9.39. The van der Waals surface area contributed by atoms with Crippen LogP contribution in [0.1, 0.15) is 50.4 Å². The molecule has 0 radical (unpaired) electrons. The smallest absolute Gasteiger partial charge is 0.325 e. The molecule has 9 heteroatoms. The number of nitro benzene ring substituents is 1. The number of carbonyl (C=O) groups excluding carboxylic acids is 3. The molecule has 1 N–H and O–H groups in total. The van der Waals surface area contributed by atoms with Gasteiger partial charge in [0.1, 0.15) is 6.54 Å². The van der Waals surface area contributed by atoms with E-state index in [2.05, 4.69) is 26.1 Å². The summed E-state index contributed by atoms with van der Waals surface area (Å²) in [4.78, 5) is 48.6. The Balaban J connectivity index is 1.47. The largest absolute Gasteiger partial charge is 0.454 e. The van der Waals surface area contributed by atoms with Crippen LogP contribution in [0.4, 0.5) is 5.69 Å². The predicted molar refractivity (Wildman–Crippen MR) is 108 cm³/mol. The van der Waals surface area contributed by atoms with Crippen molar-refractivity contribution in [3.8, 4) is 0 Å². The zero-order valence-corrected chi connectivity index (χ0v) is 17.5. The van der Waals surface area contributed by atoms with Gasteiger partial charge in [-0.3, -0.25) is 24.5 Å². The highest BCUT2D eigenvalue weighted by atomic mass is 16.6. The van der Waals surface area contributed by atoms with Crippen molar-refractivity contribution in [1.82, 2.24) is 10.2 Å². The van der Waals surface area contributed by atoms with Gasteiger partial charge in [-0.05, 0) is 36.2 Å². The molecular weight excluding hydrogens is 390 g/mol. The van der Waals surface area contributed by atoms with Crippen molar-refractivity contribution in [1.29, 1.82) is 0 Å². The summed E-state index contributed by atoms with van der Waals surface area (Å²) in [5.74, 6) is -1.60. The highest BCUT2D eigenvalue weighted by Gasteiger charge is 2.50. The predicted octanol–water partition coefficient (Wildman–Crippen LogP) is 2.29. The number of hydrogen-bond acceptors (Lipinski definition) is 6. The molecular formula is C21H27N3O6. The summed E-state index contributed by atoms with van der Waals surface area (Å²) < 4.78 is 5.04. The molecule has 1 aliphatic carbocycles. The first-order chi connectivity index (χ1) is 14.0. The maximum Gasteiger partial charge on any atom is 0.325 e. The van der Waals surface area contributed by atoms with Gasteiger partial charge in [0.25, 0.3) is 17.5 Å². The van der Waals surface area contributed by atoms with Crippen LogP contribution in [0, 0.1) is 20.9 Å². The average molecular weight is 417 g/mol. The summed E-state index contributed by atoms with van der Waals surface area (Å²) in [7, 11) is 0. The maximum absolute atomic E-state index is 12.6. The number of nitrogens with zero attached hydrogens (tertiary/aromatic N) is 2. The number of hydrogen-bond donors (Lipinski definition) is 1. The first-order valence-corrected chi connectivity index (χ1v) is 9.96. The first kappa shape index (κ1) is 21.7. The van der Waals surface area contributed by atoms with E-state index >= 15 is 0 Å². The second kappa shape index (κ2) is 8.04. The van der Waals surface area contributed by atoms with Crippen molar-refractivity contribution in [2.45, 2.75) is 46.1 Å². The van der Waals surface area contributed by atoms with E-state index in [9.17, 15) is 24.5 Å². The number of carbonyl (C=O) groups is 3. The molecule has 1 saturated heterocycles. The Morgan fingerprint density at radius 3 is 2.70 bits per heavy atom. The average Bonchev–Trinajstić information content (AvgIpc) is 2.92. The molecule has 2 bridgehead atoms. The summed E-state index contributed by atoms with van der Waals surface area (Å²) in [5, 5.41) is 13.1. The number of fused-ring (bicyclic) bond motifs is 2. The van der Waals surface area contributed by atoms with Crippen molar-refractivity contribution in [3.63, 3.8) is 0 Å². The molecule has 0 spiro atoms. The normalized spacial score (nSPS) is 24.2. The Bertz CT molecular complexity index is 883. The van der Waals surface area contributed by atoms with E-state index in [4.69, 9.17) is 4.74 Å². The van der Waals surface area contributed by atoms with E-state index in [0.29, 0.717) is 6.54 Å². The number of ether oxygens (including phenoxy) is 1. The molecule has 2 fully saturated rings. The minimum Gasteiger partial charge on any atom is -0.454 e. The third-order valence-electron chi connectivity index (χ3n) is 5.80. The van der Waals surface area contributed by atoms with Crippen molar-refractivity contribution >= 4 is 23.5 Å². The monoisotopic (exact) mass is 417 g/mol. The molecule has 9 nitrogen and oxygen atoms in total. The Morgan fingerprint density at radius 2 is 2.00 bits per heavy atom. The molecule has 3 rings (SSSR count). The third kappa shape index (κ3) is 4.95. The van der Waals surface area contributed by atoms with Crippen LogP contribution in [0.25, 0.3) is 0 Å². The van der Waals surface area contributed by atoms with Gasteiger partial charge in [0.2, 0.25) is 0 Å². The SMILES string of the molecule is CC1(C)C[C@@H]2C[C@](C)(CN2C(=O)COC(=O)CNC(=O)c2cccc([N+](=O)[O-])c2)C1. The summed E-state index contributed by atoms with van der Waals surface area (Å²) in [6, 6.07) is 5.35. The maximum atomic E-state index is 12.6. The van der Waals surface area contributed by atoms with Crippen LogP contribution in [0.2, 0.25) is 0 Å². The Hall–Kier alpha value is -2.97. The minimum atomic E-state index is -0.740. The topological polar surface area (TPSA) is 119 Å². The third-order valence-corrected chi connectivity index (χ3v) is 5.80. The molecule has 1 heterocycles. The minimum absolute atomic E-state index is 0.0632. The van der Waals surface area contributed by atoms with Gasteiger partial charge >= 0.3 is 5.97 Å². The number of nitrogens with one attached hydrogen (secondary N) is 1. The van der Waals surface area contributed by atoms with Crippen LogP contribution in [0.15, 0.2) is 24.3 Å². The van der Waals surface area contributed by atoms with Gasteiger partial charge in [-0.2, -0.15) is 0 Å². The number of esters is 1. The summed E-state index contributed by atoms with van der Waals surface area (Å²) in [5.41, 5.74) is 0.121. The fraction of sp³-hybridized carbons (Fsp3) is 0.571. The molecule has 2 atom stereocenters. The van der Waals surface area contributed by atoms with Crippen molar-refractivity contribution < 1.29 is 24.0 Å². The molecule has 2 amide bonds. The highest BCUT2D eigenvalue weighted by molar-refractivity contribution is 5.96. The lowest BCUT2D eigenvalue weighted by atomic mass is 9.65. The highest BCUT2D eigenvalue weighted by Crippen LogP contribution is 2.52. The molecule has 1 aromatic rings. The molecule has 1 saturated carbocycles.